The molecule has 0 amide bonds. The van der Waals surface area contributed by atoms with Crippen molar-refractivity contribution in [1.29, 1.82) is 0 Å². The van der Waals surface area contributed by atoms with Crippen LogP contribution in [0.5, 0.6) is 11.5 Å². The van der Waals surface area contributed by atoms with Crippen LogP contribution in [0.2, 0.25) is 0 Å². The second kappa shape index (κ2) is 8.02. The highest BCUT2D eigenvalue weighted by Crippen LogP contribution is 2.34. The van der Waals surface area contributed by atoms with Crippen molar-refractivity contribution in [1.82, 2.24) is 9.97 Å². The molecule has 0 aliphatic carbocycles. The summed E-state index contributed by atoms with van der Waals surface area (Å²) in [5.41, 5.74) is 2.06. The van der Waals surface area contributed by atoms with Gasteiger partial charge < -0.3 is 19.1 Å². The van der Waals surface area contributed by atoms with Gasteiger partial charge in [0.15, 0.2) is 11.5 Å². The highest BCUT2D eigenvalue weighted by Gasteiger charge is 2.17. The third-order valence-corrected chi connectivity index (χ3v) is 5.22. The van der Waals surface area contributed by atoms with Gasteiger partial charge in [-0.1, -0.05) is 6.07 Å². The van der Waals surface area contributed by atoms with Crippen molar-refractivity contribution < 1.29 is 14.2 Å². The summed E-state index contributed by atoms with van der Waals surface area (Å²) in [5.74, 6) is 2.49. The molecule has 7 heteroatoms. The molecule has 0 unspecified atom stereocenters. The third kappa shape index (κ3) is 3.79. The fourth-order valence-electron chi connectivity index (χ4n) is 3.12. The summed E-state index contributed by atoms with van der Waals surface area (Å²) in [7, 11) is 1.71. The van der Waals surface area contributed by atoms with Gasteiger partial charge in [-0.3, -0.25) is 0 Å². The lowest BCUT2D eigenvalue weighted by atomic mass is 10.1. The Morgan fingerprint density at radius 1 is 1.11 bits per heavy atom. The van der Waals surface area contributed by atoms with Gasteiger partial charge in [0, 0.05) is 30.5 Å². The molecule has 1 aromatic heterocycles. The summed E-state index contributed by atoms with van der Waals surface area (Å²) in [4.78, 5) is 12.4. The molecule has 27 heavy (non-hydrogen) atoms. The molecular weight excluding hydrogens is 362 g/mol. The molecule has 0 N–H and O–H groups in total. The van der Waals surface area contributed by atoms with E-state index in [4.69, 9.17) is 14.2 Å². The van der Waals surface area contributed by atoms with Gasteiger partial charge in [-0.25, -0.2) is 9.97 Å². The first-order valence-electron chi connectivity index (χ1n) is 8.69. The van der Waals surface area contributed by atoms with Gasteiger partial charge in [-0.05, 0) is 42.2 Å². The van der Waals surface area contributed by atoms with Gasteiger partial charge in [0.2, 0.25) is 6.79 Å². The highest BCUT2D eigenvalue weighted by atomic mass is 32.2. The van der Waals surface area contributed by atoms with Gasteiger partial charge in [0.1, 0.15) is 12.1 Å². The van der Waals surface area contributed by atoms with Crippen LogP contribution in [0.1, 0.15) is 5.56 Å². The quantitative estimate of drug-likeness (QED) is 0.576. The van der Waals surface area contributed by atoms with Crippen LogP contribution < -0.4 is 14.4 Å². The Hall–Kier alpha value is -2.51. The summed E-state index contributed by atoms with van der Waals surface area (Å²) in [6, 6.07) is 12.3. The molecule has 0 spiro atoms. The number of methoxy groups -OCH3 is 1. The summed E-state index contributed by atoms with van der Waals surface area (Å²) in [6.07, 6.45) is 3.69. The van der Waals surface area contributed by atoms with Gasteiger partial charge in [-0.15, -0.1) is 11.8 Å². The Balaban J connectivity index is 1.70. The Labute approximate surface area is 162 Å². The lowest BCUT2D eigenvalue weighted by Crippen LogP contribution is -2.28. The van der Waals surface area contributed by atoms with Crippen LogP contribution in [-0.2, 0) is 11.3 Å². The molecule has 3 aromatic rings. The molecule has 140 valence electrons. The van der Waals surface area contributed by atoms with Crippen LogP contribution in [0.15, 0.2) is 47.6 Å². The van der Waals surface area contributed by atoms with Crippen LogP contribution in [0, 0.1) is 0 Å². The minimum absolute atomic E-state index is 0.278. The molecule has 6 nitrogen and oxygen atoms in total. The summed E-state index contributed by atoms with van der Waals surface area (Å²) in [6.45, 7) is 2.30. The number of thioether (sulfide) groups is 1. The molecule has 0 bridgehead atoms. The molecular formula is C20H21N3O3S. The van der Waals surface area contributed by atoms with Crippen LogP contribution >= 0.6 is 11.8 Å². The van der Waals surface area contributed by atoms with E-state index in [1.807, 2.05) is 18.2 Å². The Morgan fingerprint density at radius 2 is 2.00 bits per heavy atom. The van der Waals surface area contributed by atoms with Crippen LogP contribution in [-0.4, -0.2) is 43.3 Å². The minimum Gasteiger partial charge on any atom is -0.454 e. The first kappa shape index (κ1) is 17.9. The first-order valence-corrected chi connectivity index (χ1v) is 9.92. The average Bonchev–Trinajstić information content (AvgIpc) is 3.18. The van der Waals surface area contributed by atoms with Gasteiger partial charge in [0.05, 0.1) is 12.1 Å². The number of benzene rings is 2. The third-order valence-electron chi connectivity index (χ3n) is 4.50. The van der Waals surface area contributed by atoms with E-state index < -0.39 is 0 Å². The predicted octanol–water partition coefficient (Wildman–Crippen LogP) is 3.73. The van der Waals surface area contributed by atoms with Gasteiger partial charge >= 0.3 is 0 Å². The molecule has 0 fully saturated rings. The van der Waals surface area contributed by atoms with E-state index in [0.717, 1.165) is 40.3 Å². The van der Waals surface area contributed by atoms with E-state index >= 15 is 0 Å². The van der Waals surface area contributed by atoms with E-state index in [0.29, 0.717) is 13.2 Å². The van der Waals surface area contributed by atoms with E-state index in [2.05, 4.69) is 39.3 Å². The molecule has 1 aliphatic heterocycles. The molecule has 4 rings (SSSR count). The number of hydrogen-bond donors (Lipinski definition) is 0. The second-order valence-electron chi connectivity index (χ2n) is 6.18. The van der Waals surface area contributed by atoms with E-state index in [1.54, 1.807) is 25.2 Å². The maximum Gasteiger partial charge on any atom is 0.231 e. The van der Waals surface area contributed by atoms with Crippen molar-refractivity contribution in [2.75, 3.05) is 38.2 Å². The maximum atomic E-state index is 5.51. The van der Waals surface area contributed by atoms with Crippen LogP contribution in [0.3, 0.4) is 0 Å². The topological polar surface area (TPSA) is 56.7 Å². The molecule has 0 saturated heterocycles. The monoisotopic (exact) mass is 383 g/mol. The number of rotatable bonds is 7. The zero-order chi connectivity index (χ0) is 18.6. The normalized spacial score (nSPS) is 12.5. The molecule has 0 saturated carbocycles. The van der Waals surface area contributed by atoms with E-state index in [1.165, 1.54) is 4.90 Å². The van der Waals surface area contributed by atoms with Crippen molar-refractivity contribution >= 4 is 28.5 Å². The average molecular weight is 383 g/mol. The van der Waals surface area contributed by atoms with Crippen molar-refractivity contribution in [3.8, 4) is 11.5 Å². The second-order valence-corrected chi connectivity index (χ2v) is 7.06. The molecule has 2 heterocycles. The highest BCUT2D eigenvalue weighted by molar-refractivity contribution is 7.98. The van der Waals surface area contributed by atoms with Crippen molar-refractivity contribution in [3.63, 3.8) is 0 Å². The zero-order valence-corrected chi connectivity index (χ0v) is 16.2. The summed E-state index contributed by atoms with van der Waals surface area (Å²) >= 11 is 1.71. The predicted molar refractivity (Wildman–Crippen MR) is 107 cm³/mol. The Kier molecular flexibility index (Phi) is 5.31. The van der Waals surface area contributed by atoms with Crippen LogP contribution in [0.25, 0.3) is 10.9 Å². The van der Waals surface area contributed by atoms with Gasteiger partial charge in [-0.2, -0.15) is 0 Å². The molecule has 2 aromatic carbocycles. The molecule has 0 atom stereocenters. The lowest BCUT2D eigenvalue weighted by molar-refractivity contribution is 0.174. The smallest absolute Gasteiger partial charge is 0.231 e. The minimum atomic E-state index is 0.278. The van der Waals surface area contributed by atoms with Gasteiger partial charge in [0.25, 0.3) is 0 Å². The largest absolute Gasteiger partial charge is 0.454 e. The fourth-order valence-corrected chi connectivity index (χ4v) is 3.56. The standard InChI is InChI=1S/C20H21N3O3S/c1-24-8-7-23(11-14-3-6-18-19(9-14)26-13-25-18)20-16-10-15(27-2)4-5-17(16)21-12-22-20/h3-6,9-10,12H,7-8,11,13H2,1-2H3. The van der Waals surface area contributed by atoms with Crippen molar-refractivity contribution in [2.45, 2.75) is 11.4 Å². The fraction of sp³-hybridized carbons (Fsp3) is 0.300. The summed E-state index contributed by atoms with van der Waals surface area (Å²) in [5, 5.41) is 1.04. The maximum absolute atomic E-state index is 5.51. The number of fused-ring (bicyclic) bond motifs is 2. The lowest BCUT2D eigenvalue weighted by Gasteiger charge is -2.25. The summed E-state index contributed by atoms with van der Waals surface area (Å²) < 4.78 is 16.3. The molecule has 0 radical (unpaired) electrons. The van der Waals surface area contributed by atoms with Crippen molar-refractivity contribution in [2.24, 2.45) is 0 Å². The van der Waals surface area contributed by atoms with E-state index in [9.17, 15) is 0 Å². The number of nitrogens with zero attached hydrogens (tertiary/aromatic N) is 3. The number of hydrogen-bond acceptors (Lipinski definition) is 7. The number of ether oxygens (including phenoxy) is 3. The van der Waals surface area contributed by atoms with E-state index in [-0.39, 0.29) is 6.79 Å². The Bertz CT molecular complexity index is 951. The van der Waals surface area contributed by atoms with Crippen LogP contribution in [0.4, 0.5) is 5.82 Å². The van der Waals surface area contributed by atoms with Crippen molar-refractivity contribution in [3.05, 3.63) is 48.3 Å². The first-order chi connectivity index (χ1) is 13.3. The Morgan fingerprint density at radius 3 is 2.85 bits per heavy atom. The number of anilines is 1. The SMILES string of the molecule is COCCN(Cc1ccc2c(c1)OCO2)c1ncnc2ccc(SC)cc12. The number of aromatic nitrogens is 2. The molecule has 1 aliphatic rings. The zero-order valence-electron chi connectivity index (χ0n) is 15.3.